The number of thioether (sulfide) groups is 1. The Kier molecular flexibility index (Phi) is 42.1. The number of benzene rings is 5. The van der Waals surface area contributed by atoms with Crippen molar-refractivity contribution >= 4 is 147 Å². The summed E-state index contributed by atoms with van der Waals surface area (Å²) < 4.78 is 6.88. The summed E-state index contributed by atoms with van der Waals surface area (Å²) in [6.45, 7) is 8.64. The Hall–Kier alpha value is -15.2. The molecule has 146 heavy (non-hydrogen) atoms. The van der Waals surface area contributed by atoms with E-state index in [9.17, 15) is 77.3 Å². The van der Waals surface area contributed by atoms with Crippen LogP contribution in [-0.4, -0.2) is 321 Å². The molecule has 10 rings (SSSR count). The number of aromatic nitrogens is 2. The van der Waals surface area contributed by atoms with E-state index in [-0.39, 0.29) is 141 Å². The number of para-hydroxylation sites is 1. The summed E-state index contributed by atoms with van der Waals surface area (Å²) in [5.74, 6) is -20.6. The number of nitrogens with one attached hydrogen (secondary N) is 16. The molecule has 5 aromatic carbocycles. The molecule has 46 nitrogen and oxygen atoms in total. The van der Waals surface area contributed by atoms with E-state index in [2.05, 4.69) is 79.5 Å². The van der Waals surface area contributed by atoms with Gasteiger partial charge in [-0.2, -0.15) is 5.10 Å². The lowest BCUT2D eigenvalue weighted by Crippen LogP contribution is -2.61. The Bertz CT molecular complexity index is 5690. The molecule has 0 saturated carbocycles. The molecule has 4 saturated heterocycles. The van der Waals surface area contributed by atoms with E-state index in [0.29, 0.717) is 38.8 Å². The van der Waals surface area contributed by atoms with Gasteiger partial charge in [0.05, 0.1) is 44.0 Å². The number of amides is 16. The highest BCUT2D eigenvalue weighted by Gasteiger charge is 2.45. The molecule has 5 heterocycles. The number of hydrogen-bond donors (Lipinski definition) is 21. The van der Waals surface area contributed by atoms with Crippen molar-refractivity contribution in [1.82, 2.24) is 98.5 Å². The predicted octanol–water partition coefficient (Wildman–Crippen LogP) is -1.18. The first-order valence-electron chi connectivity index (χ1n) is 48.6. The second-order valence-electron chi connectivity index (χ2n) is 37.6. The minimum absolute atomic E-state index is 0.00269. The fourth-order valence-corrected chi connectivity index (χ4v) is 18.3. The third-order valence-electron chi connectivity index (χ3n) is 25.1. The first-order valence-corrected chi connectivity index (χ1v) is 49.8. The number of aliphatic carboxylic acids is 2. The summed E-state index contributed by atoms with van der Waals surface area (Å²) in [5, 5.41) is 77.8. The molecule has 24 N–H and O–H groups in total. The van der Waals surface area contributed by atoms with Crippen LogP contribution in [0.3, 0.4) is 0 Å². The number of carboxylic acid groups (broad SMARTS) is 2. The van der Waals surface area contributed by atoms with Crippen LogP contribution in [0.15, 0.2) is 127 Å². The smallest absolute Gasteiger partial charge is 0.325 e. The molecule has 16 amide bonds. The van der Waals surface area contributed by atoms with Gasteiger partial charge in [0.25, 0.3) is 5.91 Å². The Morgan fingerprint density at radius 2 is 0.993 bits per heavy atom. The monoisotopic (exact) mass is 2040 g/mol. The minimum Gasteiger partial charge on any atom is -0.481 e. The molecule has 0 aliphatic carbocycles. The highest BCUT2D eigenvalue weighted by Crippen LogP contribution is 2.29. The number of rotatable bonds is 29. The largest absolute Gasteiger partial charge is 0.481 e. The van der Waals surface area contributed by atoms with E-state index in [0.717, 1.165) is 32.7 Å². The van der Waals surface area contributed by atoms with Crippen LogP contribution in [0, 0.1) is 28.6 Å². The van der Waals surface area contributed by atoms with Crippen molar-refractivity contribution in [1.29, 1.82) is 10.8 Å². The van der Waals surface area contributed by atoms with Gasteiger partial charge in [-0.1, -0.05) is 151 Å². The van der Waals surface area contributed by atoms with E-state index in [1.54, 1.807) is 126 Å². The quantitative estimate of drug-likeness (QED) is 0.0149. The number of likely N-dealkylation sites (N-methyl/N-ethyl adjacent to an activating group) is 1. The van der Waals surface area contributed by atoms with E-state index in [4.69, 9.17) is 32.8 Å². The van der Waals surface area contributed by atoms with Crippen molar-refractivity contribution in [2.75, 3.05) is 96.0 Å². The van der Waals surface area contributed by atoms with E-state index >= 15 is 19.2 Å². The molecule has 47 heteroatoms. The average molecular weight is 2040 g/mol. The summed E-state index contributed by atoms with van der Waals surface area (Å²) in [6.07, 6.45) is -1.60. The number of morpholine rings is 1. The van der Waals surface area contributed by atoms with Gasteiger partial charge in [0.2, 0.25) is 88.6 Å². The summed E-state index contributed by atoms with van der Waals surface area (Å²) >= 11 is 0.811. The van der Waals surface area contributed by atoms with Crippen molar-refractivity contribution in [2.24, 2.45) is 35.0 Å². The third-order valence-corrected chi connectivity index (χ3v) is 26.1. The molecule has 4 aliphatic rings. The summed E-state index contributed by atoms with van der Waals surface area (Å²) in [5.41, 5.74) is 21.4. The van der Waals surface area contributed by atoms with Crippen molar-refractivity contribution in [3.8, 4) is 22.3 Å². The Morgan fingerprint density at radius 3 is 1.57 bits per heavy atom. The topological polar surface area (TPSA) is 682 Å². The first-order chi connectivity index (χ1) is 69.6. The molecule has 0 spiro atoms. The first kappa shape index (κ1) is 113. The lowest BCUT2D eigenvalue weighted by atomic mass is 9.98. The maximum Gasteiger partial charge on any atom is 0.325 e. The van der Waals surface area contributed by atoms with Crippen LogP contribution in [0.4, 0.5) is 5.69 Å². The number of guanidine groups is 2. The van der Waals surface area contributed by atoms with Gasteiger partial charge < -0.3 is 121 Å². The molecular formula is C99H133N25O21S. The molecule has 786 valence electrons. The normalized spacial score (nSPS) is 22.5. The number of anilines is 1. The molecule has 4 fully saturated rings. The fourth-order valence-electron chi connectivity index (χ4n) is 17.5. The van der Waals surface area contributed by atoms with Crippen LogP contribution in [0.5, 0.6) is 0 Å². The minimum atomic E-state index is -1.95. The number of nitrogens with zero attached hydrogens (tertiary/aromatic N) is 6. The molecule has 0 bridgehead atoms. The van der Waals surface area contributed by atoms with Gasteiger partial charge in [0.1, 0.15) is 79.0 Å². The van der Waals surface area contributed by atoms with Crippen molar-refractivity contribution < 1.29 is 101 Å². The predicted molar refractivity (Wildman–Crippen MR) is 539 cm³/mol. The van der Waals surface area contributed by atoms with E-state index in [1.165, 1.54) is 16.6 Å². The van der Waals surface area contributed by atoms with Gasteiger partial charge in [-0.3, -0.25) is 107 Å². The SMILES string of the molecule is CC(C)C[C@@H]1NC(=O)[C@H](CCCNC(=N)N)NC(=O)[C@H](C(C)C)NC(=O)[C@@H]2CCCN2C(=O)[C@H](C(C)C)NC(=O)[C@@H](CCCNC(=N)N)NC(=O)[C@H](CC(=O)O)NC(=O)[C@@H]2CCCN2C(=O)CN(C)C(=O)[C@H](Cc2ccc(-c3ccc(NC(=O)c4nn(CC(=O)O)c5ccccc45)cc3)cc2)NC(=O)[C@H](Cc2ccc(-c3ccccc3)cc2)NC(=O)[C@H](CN2CCOCC2)NC(=O)CSC[C@@H](C(=O)NCC(N)=O)NC1=O. The Morgan fingerprint density at radius 1 is 0.507 bits per heavy atom. The number of fused-ring (bicyclic) bond motifs is 3. The van der Waals surface area contributed by atoms with Crippen LogP contribution in [0.2, 0.25) is 0 Å². The fraction of sp³-hybridized carbons (Fsp3) is 0.485. The summed E-state index contributed by atoms with van der Waals surface area (Å²) in [4.78, 5) is 265. The van der Waals surface area contributed by atoms with E-state index < -0.39 is 240 Å². The standard InChI is InChI=1S/C99H133N25O21S/c1-55(2)45-68-88(135)116-73(85(132)107-49-77(100)125)53-146-54-78(126)109-72(50-121-41-43-145-44-42-121)91(138)113-69(46-58-25-29-61(30-26-58)60-17-9-8-10-18-60)89(136)115-71(47-59-27-31-62(32-28-59)63-33-35-64(36-34-63)108-95(142)84-65-19-11-12-22-74(65)124(119-84)52-81(130)131)96(143)120(7)51-79(127)122-39-15-23-75(122)92(139)114-70(48-80(128)129)90(137)110-67(21-14-38-106-99(103)104)87(134)118-83(57(5)6)97(144)123-40-16-24-76(123)93(140)117-82(56(3)4)94(141)111-66(86(133)112-68)20-13-37-105-98(101)102/h8-12,17-19,22,25-36,55-57,66-73,75-76,82-83H,13-16,20-21,23-24,37-54H2,1-7H3,(H2,100,125)(H,107,132)(H,108,142)(H,109,126)(H,110,137)(H,111,141)(H,112,133)(H,113,138)(H,114,139)(H,115,136)(H,116,135)(H,117,140)(H,118,134)(H,128,129)(H,130,131)(H4,101,102,105)(H4,103,104,106)/t66-,67+,68-,69-,70-,71-,72-,73-,75-,76-,82-,83-/m0/s1. The summed E-state index contributed by atoms with van der Waals surface area (Å²) in [6, 6.07) is 18.4. The van der Waals surface area contributed by atoms with Crippen molar-refractivity contribution in [2.45, 2.75) is 198 Å². The number of nitrogens with two attached hydrogens (primary N) is 3. The van der Waals surface area contributed by atoms with Gasteiger partial charge in [0, 0.05) is 82.5 Å². The molecule has 0 unspecified atom stereocenters. The zero-order chi connectivity index (χ0) is 106. The maximum absolute atomic E-state index is 15.8. The lowest BCUT2D eigenvalue weighted by Gasteiger charge is -2.33. The highest BCUT2D eigenvalue weighted by atomic mass is 32.2. The highest BCUT2D eigenvalue weighted by molar-refractivity contribution is 8.00. The number of primary amides is 1. The van der Waals surface area contributed by atoms with Crippen LogP contribution in [0.1, 0.15) is 127 Å². The number of ether oxygens (including phenoxy) is 1. The molecular weight excluding hydrogens is 1910 g/mol. The molecule has 4 aliphatic heterocycles. The zero-order valence-electron chi connectivity index (χ0n) is 82.6. The van der Waals surface area contributed by atoms with E-state index in [1.807, 2.05) is 47.4 Å². The second-order valence-corrected chi connectivity index (χ2v) is 38.6. The van der Waals surface area contributed by atoms with Crippen LogP contribution < -0.4 is 91.6 Å². The molecule has 6 aromatic rings. The Balaban J connectivity index is 1.01. The number of hydrogen-bond acceptors (Lipinski definition) is 24. The molecule has 0 radical (unpaired) electrons. The zero-order valence-corrected chi connectivity index (χ0v) is 83.5. The van der Waals surface area contributed by atoms with Gasteiger partial charge in [-0.15, -0.1) is 11.8 Å². The second kappa shape index (κ2) is 54.5. The van der Waals surface area contributed by atoms with Gasteiger partial charge in [-0.25, -0.2) is 0 Å². The van der Waals surface area contributed by atoms with Crippen molar-refractivity contribution in [3.63, 3.8) is 0 Å². The number of carbonyl (C=O) groups is 18. The maximum atomic E-state index is 15.8. The van der Waals surface area contributed by atoms with Crippen LogP contribution in [-0.2, 0) is 106 Å². The summed E-state index contributed by atoms with van der Waals surface area (Å²) in [7, 11) is 1.28. The third kappa shape index (κ3) is 33.5. The van der Waals surface area contributed by atoms with Crippen LogP contribution >= 0.6 is 11.8 Å². The molecule has 1 aromatic heterocycles. The number of carboxylic acids is 2. The number of carbonyl (C=O) groups excluding carboxylic acids is 16. The van der Waals surface area contributed by atoms with Crippen LogP contribution in [0.25, 0.3) is 33.2 Å². The average Bonchev–Trinajstić information content (AvgIpc) is 1.63. The van der Waals surface area contributed by atoms with Gasteiger partial charge in [0.15, 0.2) is 17.6 Å². The molecule has 12 atom stereocenters. The Labute approximate surface area is 848 Å². The van der Waals surface area contributed by atoms with Gasteiger partial charge in [-0.05, 0) is 127 Å². The van der Waals surface area contributed by atoms with Gasteiger partial charge >= 0.3 is 11.9 Å². The lowest BCUT2D eigenvalue weighted by molar-refractivity contribution is -0.145. The van der Waals surface area contributed by atoms with Crippen molar-refractivity contribution in [3.05, 3.63) is 144 Å².